The van der Waals surface area contributed by atoms with Crippen molar-refractivity contribution in [1.82, 2.24) is 14.5 Å². The van der Waals surface area contributed by atoms with Crippen molar-refractivity contribution in [1.29, 1.82) is 0 Å². The molecule has 28 heavy (non-hydrogen) atoms. The number of hydrogen-bond donors (Lipinski definition) is 1. The number of para-hydroxylation sites is 2. The highest BCUT2D eigenvalue weighted by molar-refractivity contribution is 9.10. The third-order valence-electron chi connectivity index (χ3n) is 4.65. The minimum Gasteiger partial charge on any atom is -0.459 e. The van der Waals surface area contributed by atoms with Gasteiger partial charge >= 0.3 is 5.97 Å². The maximum absolute atomic E-state index is 12.9. The summed E-state index contributed by atoms with van der Waals surface area (Å²) in [6, 6.07) is 15.2. The van der Waals surface area contributed by atoms with Gasteiger partial charge in [0.05, 0.1) is 22.8 Å². The minimum atomic E-state index is -0.491. The number of halogens is 1. The van der Waals surface area contributed by atoms with E-state index in [9.17, 15) is 4.79 Å². The molecule has 2 aromatic heterocycles. The molecule has 0 saturated heterocycles. The van der Waals surface area contributed by atoms with Gasteiger partial charge in [0.15, 0.2) is 5.65 Å². The number of hydrogen-bond acceptors (Lipinski definition) is 5. The SMILES string of the molecule is CC[C@@H](C)OC(=O)c1c(N)n(-c2cccc(Br)c2)c2nc3ccccc3nc12. The van der Waals surface area contributed by atoms with Crippen LogP contribution in [0.25, 0.3) is 27.9 Å². The first-order valence-corrected chi connectivity index (χ1v) is 9.82. The second-order valence-electron chi connectivity index (χ2n) is 6.58. The van der Waals surface area contributed by atoms with Gasteiger partial charge in [-0.2, -0.15) is 0 Å². The van der Waals surface area contributed by atoms with E-state index >= 15 is 0 Å². The van der Waals surface area contributed by atoms with Crippen molar-refractivity contribution < 1.29 is 9.53 Å². The van der Waals surface area contributed by atoms with Crippen molar-refractivity contribution in [2.75, 3.05) is 5.73 Å². The van der Waals surface area contributed by atoms with Crippen LogP contribution in [-0.2, 0) is 4.74 Å². The highest BCUT2D eigenvalue weighted by Crippen LogP contribution is 2.32. The standard InChI is InChI=1S/C21H19BrN4O2/c1-3-12(2)28-21(27)17-18-20(25-16-10-5-4-9-15(16)24-18)26(19(17)23)14-8-6-7-13(22)11-14/h4-12H,3,23H2,1-2H3/t12-/m1/s1. The molecule has 0 aliphatic heterocycles. The molecule has 4 aromatic rings. The molecule has 142 valence electrons. The first kappa shape index (κ1) is 18.4. The van der Waals surface area contributed by atoms with Crippen LogP contribution in [0, 0.1) is 0 Å². The van der Waals surface area contributed by atoms with Gasteiger partial charge < -0.3 is 10.5 Å². The summed E-state index contributed by atoms with van der Waals surface area (Å²) in [4.78, 5) is 22.3. The van der Waals surface area contributed by atoms with Gasteiger partial charge in [-0.1, -0.05) is 41.1 Å². The Morgan fingerprint density at radius 3 is 2.57 bits per heavy atom. The molecule has 0 amide bonds. The van der Waals surface area contributed by atoms with Crippen LogP contribution >= 0.6 is 15.9 Å². The molecule has 0 spiro atoms. The fourth-order valence-electron chi connectivity index (χ4n) is 3.06. The van der Waals surface area contributed by atoms with Gasteiger partial charge in [-0.25, -0.2) is 14.8 Å². The second-order valence-corrected chi connectivity index (χ2v) is 7.50. The van der Waals surface area contributed by atoms with Gasteiger partial charge in [-0.15, -0.1) is 0 Å². The third-order valence-corrected chi connectivity index (χ3v) is 5.14. The molecule has 6 nitrogen and oxygen atoms in total. The molecular formula is C21H19BrN4O2. The number of benzene rings is 2. The third kappa shape index (κ3) is 3.11. The zero-order valence-corrected chi connectivity index (χ0v) is 17.1. The van der Waals surface area contributed by atoms with Crippen molar-refractivity contribution >= 4 is 49.9 Å². The quantitative estimate of drug-likeness (QED) is 0.459. The van der Waals surface area contributed by atoms with Crippen LogP contribution in [0.5, 0.6) is 0 Å². The summed E-state index contributed by atoms with van der Waals surface area (Å²) in [5, 5.41) is 0. The van der Waals surface area contributed by atoms with Crippen LogP contribution in [-0.4, -0.2) is 26.6 Å². The summed E-state index contributed by atoms with van der Waals surface area (Å²) in [6.45, 7) is 3.81. The summed E-state index contributed by atoms with van der Waals surface area (Å²) < 4.78 is 8.19. The first-order valence-electron chi connectivity index (χ1n) is 9.03. The topological polar surface area (TPSA) is 83.0 Å². The fourth-order valence-corrected chi connectivity index (χ4v) is 3.45. The number of carbonyl (C=O) groups excluding carboxylic acids is 1. The Morgan fingerprint density at radius 2 is 1.89 bits per heavy atom. The number of nitrogen functional groups attached to an aromatic ring is 1. The molecule has 7 heteroatoms. The molecule has 0 bridgehead atoms. The summed E-state index contributed by atoms with van der Waals surface area (Å²) >= 11 is 3.48. The molecule has 2 aromatic carbocycles. The lowest BCUT2D eigenvalue weighted by atomic mass is 10.2. The van der Waals surface area contributed by atoms with Gasteiger partial charge in [0.1, 0.15) is 16.9 Å². The van der Waals surface area contributed by atoms with E-state index in [2.05, 4.69) is 20.9 Å². The van der Waals surface area contributed by atoms with Gasteiger partial charge in [0, 0.05) is 4.47 Å². The number of rotatable bonds is 4. The number of anilines is 1. The Hall–Kier alpha value is -2.93. The summed E-state index contributed by atoms with van der Waals surface area (Å²) in [7, 11) is 0. The molecule has 0 radical (unpaired) electrons. The molecule has 0 saturated carbocycles. The van der Waals surface area contributed by atoms with E-state index in [-0.39, 0.29) is 17.5 Å². The Bertz CT molecular complexity index is 1200. The number of carbonyl (C=O) groups is 1. The van der Waals surface area contributed by atoms with E-state index in [0.29, 0.717) is 23.1 Å². The number of fused-ring (bicyclic) bond motifs is 2. The predicted octanol–water partition coefficient (Wildman–Crippen LogP) is 4.87. The van der Waals surface area contributed by atoms with E-state index in [1.165, 1.54) is 0 Å². The Balaban J connectivity index is 2.04. The number of aromatic nitrogens is 3. The van der Waals surface area contributed by atoms with Crippen molar-refractivity contribution in [3.8, 4) is 5.69 Å². The number of nitrogens with two attached hydrogens (primary N) is 1. The normalized spacial score (nSPS) is 12.4. The fraction of sp³-hybridized carbons (Fsp3) is 0.190. The number of esters is 1. The average Bonchev–Trinajstić information content (AvgIpc) is 2.96. The maximum Gasteiger partial charge on any atom is 0.344 e. The van der Waals surface area contributed by atoms with Crippen LogP contribution in [0.15, 0.2) is 53.0 Å². The van der Waals surface area contributed by atoms with Gasteiger partial charge in [0.2, 0.25) is 0 Å². The summed E-state index contributed by atoms with van der Waals surface area (Å²) in [6.07, 6.45) is 0.495. The number of ether oxygens (including phenoxy) is 1. The molecule has 1 atom stereocenters. The lowest BCUT2D eigenvalue weighted by Crippen LogP contribution is -2.15. The zero-order valence-electron chi connectivity index (χ0n) is 15.5. The molecule has 0 aliphatic carbocycles. The lowest BCUT2D eigenvalue weighted by molar-refractivity contribution is 0.0338. The molecule has 0 unspecified atom stereocenters. The number of nitrogens with zero attached hydrogens (tertiary/aromatic N) is 3. The van der Waals surface area contributed by atoms with Crippen LogP contribution < -0.4 is 5.73 Å². The minimum absolute atomic E-state index is 0.218. The predicted molar refractivity (Wildman–Crippen MR) is 114 cm³/mol. The molecule has 2 N–H and O–H groups in total. The van der Waals surface area contributed by atoms with Crippen LogP contribution in [0.4, 0.5) is 5.82 Å². The van der Waals surface area contributed by atoms with Crippen LogP contribution in [0.3, 0.4) is 0 Å². The molecule has 0 fully saturated rings. The Kier molecular flexibility index (Phi) is 4.77. The summed E-state index contributed by atoms with van der Waals surface area (Å²) in [5.74, 6) is -0.230. The molecule has 0 aliphatic rings. The first-order chi connectivity index (χ1) is 13.5. The van der Waals surface area contributed by atoms with E-state index < -0.39 is 5.97 Å². The average molecular weight is 439 g/mol. The highest BCUT2D eigenvalue weighted by atomic mass is 79.9. The van der Waals surface area contributed by atoms with Gasteiger partial charge in [-0.3, -0.25) is 4.57 Å². The van der Waals surface area contributed by atoms with Crippen molar-refractivity contribution in [3.63, 3.8) is 0 Å². The van der Waals surface area contributed by atoms with Crippen molar-refractivity contribution in [2.24, 2.45) is 0 Å². The lowest BCUT2D eigenvalue weighted by Gasteiger charge is -2.11. The summed E-state index contributed by atoms with van der Waals surface area (Å²) in [5.41, 5.74) is 9.85. The maximum atomic E-state index is 12.9. The van der Waals surface area contributed by atoms with Gasteiger partial charge in [-0.05, 0) is 43.7 Å². The van der Waals surface area contributed by atoms with Crippen molar-refractivity contribution in [2.45, 2.75) is 26.4 Å². The molecule has 4 rings (SSSR count). The monoisotopic (exact) mass is 438 g/mol. The highest BCUT2D eigenvalue weighted by Gasteiger charge is 2.26. The second kappa shape index (κ2) is 7.24. The van der Waals surface area contributed by atoms with E-state index in [1.807, 2.05) is 62.4 Å². The van der Waals surface area contributed by atoms with E-state index in [1.54, 1.807) is 4.57 Å². The van der Waals surface area contributed by atoms with Crippen LogP contribution in [0.2, 0.25) is 0 Å². The van der Waals surface area contributed by atoms with Crippen molar-refractivity contribution in [3.05, 3.63) is 58.6 Å². The van der Waals surface area contributed by atoms with Crippen LogP contribution in [0.1, 0.15) is 30.6 Å². The Morgan fingerprint density at radius 1 is 1.18 bits per heavy atom. The zero-order chi connectivity index (χ0) is 19.8. The van der Waals surface area contributed by atoms with E-state index in [0.717, 1.165) is 15.7 Å². The van der Waals surface area contributed by atoms with E-state index in [4.69, 9.17) is 15.5 Å². The smallest absolute Gasteiger partial charge is 0.344 e. The van der Waals surface area contributed by atoms with Gasteiger partial charge in [0.25, 0.3) is 0 Å². The Labute approximate surface area is 170 Å². The molecular weight excluding hydrogens is 420 g/mol. The molecule has 2 heterocycles. The largest absolute Gasteiger partial charge is 0.459 e.